The zero-order valence-corrected chi connectivity index (χ0v) is 17.3. The summed E-state index contributed by atoms with van der Waals surface area (Å²) in [4.78, 5) is 16.5. The van der Waals surface area contributed by atoms with E-state index in [1.807, 2.05) is 61.5 Å². The van der Waals surface area contributed by atoms with Gasteiger partial charge in [-0.1, -0.05) is 31.2 Å². The van der Waals surface area contributed by atoms with Crippen LogP contribution in [0, 0.1) is 6.92 Å². The summed E-state index contributed by atoms with van der Waals surface area (Å²) in [6, 6.07) is 18.6. The van der Waals surface area contributed by atoms with Crippen LogP contribution in [-0.4, -0.2) is 24.1 Å². The first kappa shape index (κ1) is 21.2. The number of nitrogens with zero attached hydrogens (tertiary/aromatic N) is 1. The summed E-state index contributed by atoms with van der Waals surface area (Å²) in [6.07, 6.45) is 2.61. The molecule has 0 saturated heterocycles. The van der Waals surface area contributed by atoms with Gasteiger partial charge in [-0.05, 0) is 55.3 Å². The molecule has 3 rings (SSSR count). The third-order valence-electron chi connectivity index (χ3n) is 4.29. The summed E-state index contributed by atoms with van der Waals surface area (Å²) in [6.45, 7) is 4.91. The van der Waals surface area contributed by atoms with Gasteiger partial charge in [0.15, 0.2) is 6.61 Å². The van der Waals surface area contributed by atoms with Crippen molar-refractivity contribution < 1.29 is 19.0 Å². The van der Waals surface area contributed by atoms with Crippen molar-refractivity contribution in [2.24, 2.45) is 0 Å². The number of nitrogens with one attached hydrogen (secondary N) is 1. The van der Waals surface area contributed by atoms with Gasteiger partial charge in [0.2, 0.25) is 5.88 Å². The Labute approximate surface area is 176 Å². The number of para-hydroxylation sites is 1. The maximum Gasteiger partial charge on any atom is 0.258 e. The maximum atomic E-state index is 12.2. The second-order valence-electron chi connectivity index (χ2n) is 6.72. The molecule has 3 aromatic rings. The lowest BCUT2D eigenvalue weighted by Gasteiger charge is -2.12. The van der Waals surface area contributed by atoms with Crippen molar-refractivity contribution in [3.63, 3.8) is 0 Å². The molecule has 2 aromatic carbocycles. The smallest absolute Gasteiger partial charge is 0.258 e. The van der Waals surface area contributed by atoms with Crippen molar-refractivity contribution in [2.45, 2.75) is 26.8 Å². The summed E-state index contributed by atoms with van der Waals surface area (Å²) in [5, 5.41) is 2.84. The summed E-state index contributed by atoms with van der Waals surface area (Å²) in [5.74, 6) is 2.37. The number of aromatic nitrogens is 1. The van der Waals surface area contributed by atoms with Crippen LogP contribution in [0.15, 0.2) is 66.9 Å². The van der Waals surface area contributed by atoms with E-state index in [1.54, 1.807) is 12.3 Å². The lowest BCUT2D eigenvalue weighted by Crippen LogP contribution is -2.28. The molecule has 30 heavy (non-hydrogen) atoms. The minimum absolute atomic E-state index is 0.0550. The normalized spacial score (nSPS) is 10.3. The highest BCUT2D eigenvalue weighted by Gasteiger charge is 2.09. The molecule has 0 bridgehead atoms. The third-order valence-corrected chi connectivity index (χ3v) is 4.29. The standard InChI is InChI=1S/C24H26N2O4/c1-3-15-28-20-10-12-21(13-11-20)30-24-19(8-6-14-25-24)16-26-23(27)17-29-22-9-5-4-7-18(22)2/h4-14H,3,15-17H2,1-2H3,(H,26,27). The Morgan fingerprint density at radius 1 is 0.967 bits per heavy atom. The summed E-state index contributed by atoms with van der Waals surface area (Å²) < 4.78 is 17.1. The molecule has 0 aliphatic carbocycles. The van der Waals surface area contributed by atoms with Gasteiger partial charge in [0.1, 0.15) is 17.2 Å². The van der Waals surface area contributed by atoms with Gasteiger partial charge in [0.05, 0.1) is 6.61 Å². The molecule has 156 valence electrons. The fourth-order valence-corrected chi connectivity index (χ4v) is 2.69. The first-order chi connectivity index (χ1) is 14.7. The average Bonchev–Trinajstić information content (AvgIpc) is 2.77. The number of benzene rings is 2. The summed E-state index contributed by atoms with van der Waals surface area (Å²) in [5.41, 5.74) is 1.76. The predicted molar refractivity (Wildman–Crippen MR) is 115 cm³/mol. The van der Waals surface area contributed by atoms with Crippen molar-refractivity contribution >= 4 is 5.91 Å². The van der Waals surface area contributed by atoms with Crippen LogP contribution in [0.3, 0.4) is 0 Å². The van der Waals surface area contributed by atoms with Crippen LogP contribution in [0.1, 0.15) is 24.5 Å². The Balaban J connectivity index is 1.54. The fraction of sp³-hybridized carbons (Fsp3) is 0.250. The fourth-order valence-electron chi connectivity index (χ4n) is 2.69. The molecule has 0 unspecified atom stereocenters. The number of ether oxygens (including phenoxy) is 3. The van der Waals surface area contributed by atoms with Gasteiger partial charge >= 0.3 is 0 Å². The van der Waals surface area contributed by atoms with Crippen molar-refractivity contribution in [3.8, 4) is 23.1 Å². The van der Waals surface area contributed by atoms with Crippen LogP contribution in [0.25, 0.3) is 0 Å². The number of pyridine rings is 1. The first-order valence-electron chi connectivity index (χ1n) is 9.95. The third kappa shape index (κ3) is 6.24. The van der Waals surface area contributed by atoms with Crippen LogP contribution >= 0.6 is 0 Å². The number of hydrogen-bond acceptors (Lipinski definition) is 5. The van der Waals surface area contributed by atoms with E-state index in [0.29, 0.717) is 24.0 Å². The van der Waals surface area contributed by atoms with E-state index in [4.69, 9.17) is 14.2 Å². The van der Waals surface area contributed by atoms with E-state index in [9.17, 15) is 4.79 Å². The van der Waals surface area contributed by atoms with Gasteiger partial charge in [-0.15, -0.1) is 0 Å². The molecule has 6 heteroatoms. The van der Waals surface area contributed by atoms with Crippen LogP contribution in [-0.2, 0) is 11.3 Å². The van der Waals surface area contributed by atoms with E-state index >= 15 is 0 Å². The highest BCUT2D eigenvalue weighted by Crippen LogP contribution is 2.25. The van der Waals surface area contributed by atoms with Gasteiger partial charge < -0.3 is 19.5 Å². The largest absolute Gasteiger partial charge is 0.494 e. The molecule has 0 saturated carbocycles. The second-order valence-corrected chi connectivity index (χ2v) is 6.72. The van der Waals surface area contributed by atoms with Gasteiger partial charge in [0.25, 0.3) is 5.91 Å². The Morgan fingerprint density at radius 2 is 1.73 bits per heavy atom. The molecule has 1 amide bonds. The molecular weight excluding hydrogens is 380 g/mol. The lowest BCUT2D eigenvalue weighted by molar-refractivity contribution is -0.123. The van der Waals surface area contributed by atoms with Crippen molar-refractivity contribution in [1.82, 2.24) is 10.3 Å². The Kier molecular flexibility index (Phi) is 7.66. The molecule has 0 fully saturated rings. The highest BCUT2D eigenvalue weighted by atomic mass is 16.5. The molecule has 1 aromatic heterocycles. The average molecular weight is 406 g/mol. The zero-order valence-electron chi connectivity index (χ0n) is 17.3. The van der Waals surface area contributed by atoms with Gasteiger partial charge in [0, 0.05) is 18.3 Å². The number of carbonyl (C=O) groups excluding carboxylic acids is 1. The number of hydrogen-bond donors (Lipinski definition) is 1. The van der Waals surface area contributed by atoms with E-state index < -0.39 is 0 Å². The Morgan fingerprint density at radius 3 is 2.50 bits per heavy atom. The molecule has 6 nitrogen and oxygen atoms in total. The van der Waals surface area contributed by atoms with Crippen molar-refractivity contribution in [1.29, 1.82) is 0 Å². The van der Waals surface area contributed by atoms with E-state index in [-0.39, 0.29) is 19.1 Å². The van der Waals surface area contributed by atoms with Crippen LogP contribution in [0.5, 0.6) is 23.1 Å². The maximum absolute atomic E-state index is 12.2. The van der Waals surface area contributed by atoms with Crippen molar-refractivity contribution in [2.75, 3.05) is 13.2 Å². The topological polar surface area (TPSA) is 69.7 Å². The number of aryl methyl sites for hydroxylation is 1. The van der Waals surface area contributed by atoms with E-state index in [2.05, 4.69) is 17.2 Å². The second kappa shape index (κ2) is 10.9. The van der Waals surface area contributed by atoms with Crippen molar-refractivity contribution in [3.05, 3.63) is 78.0 Å². The molecule has 0 aliphatic rings. The molecular formula is C24H26N2O4. The van der Waals surface area contributed by atoms with E-state index in [1.165, 1.54) is 0 Å². The minimum atomic E-state index is -0.217. The van der Waals surface area contributed by atoms with Gasteiger partial charge in [-0.3, -0.25) is 4.79 Å². The molecule has 1 N–H and O–H groups in total. The molecule has 0 radical (unpaired) electrons. The Hall–Kier alpha value is -3.54. The molecule has 0 aliphatic heterocycles. The SMILES string of the molecule is CCCOc1ccc(Oc2ncccc2CNC(=O)COc2ccccc2C)cc1. The number of carbonyl (C=O) groups is 1. The highest BCUT2D eigenvalue weighted by molar-refractivity contribution is 5.77. The number of amides is 1. The van der Waals surface area contributed by atoms with E-state index in [0.717, 1.165) is 23.3 Å². The molecule has 0 spiro atoms. The summed E-state index contributed by atoms with van der Waals surface area (Å²) >= 11 is 0. The van der Waals surface area contributed by atoms with Gasteiger partial charge in [-0.25, -0.2) is 4.98 Å². The van der Waals surface area contributed by atoms with Gasteiger partial charge in [-0.2, -0.15) is 0 Å². The van der Waals surface area contributed by atoms with Crippen LogP contribution < -0.4 is 19.5 Å². The lowest BCUT2D eigenvalue weighted by atomic mass is 10.2. The minimum Gasteiger partial charge on any atom is -0.494 e. The van der Waals surface area contributed by atoms with Crippen LogP contribution in [0.2, 0.25) is 0 Å². The first-order valence-corrected chi connectivity index (χ1v) is 9.95. The number of rotatable bonds is 10. The monoisotopic (exact) mass is 406 g/mol. The predicted octanol–water partition coefficient (Wildman–Crippen LogP) is 4.67. The molecule has 0 atom stereocenters. The zero-order chi connectivity index (χ0) is 21.2. The van der Waals surface area contributed by atoms with Crippen LogP contribution in [0.4, 0.5) is 0 Å². The Bertz CT molecular complexity index is 957. The quantitative estimate of drug-likeness (QED) is 0.530. The summed E-state index contributed by atoms with van der Waals surface area (Å²) in [7, 11) is 0. The molecule has 1 heterocycles.